The van der Waals surface area contributed by atoms with E-state index in [9.17, 15) is 9.59 Å². The first-order valence-corrected chi connectivity index (χ1v) is 3.31. The SMILES string of the molecule is CCc1nc(C=O)c(C=O)[nH]1. The van der Waals surface area contributed by atoms with Gasteiger partial charge in [0, 0.05) is 6.42 Å². The van der Waals surface area contributed by atoms with Gasteiger partial charge in [0.15, 0.2) is 12.6 Å². The van der Waals surface area contributed by atoms with Crippen LogP contribution in [0.4, 0.5) is 0 Å². The molecule has 0 unspecified atom stereocenters. The molecule has 0 bridgehead atoms. The lowest BCUT2D eigenvalue weighted by atomic mass is 10.4. The number of aromatic amines is 1. The van der Waals surface area contributed by atoms with Crippen LogP contribution in [0, 0.1) is 0 Å². The molecule has 0 aromatic carbocycles. The van der Waals surface area contributed by atoms with E-state index in [4.69, 9.17) is 0 Å². The normalized spacial score (nSPS) is 9.55. The van der Waals surface area contributed by atoms with Gasteiger partial charge in [-0.3, -0.25) is 9.59 Å². The second kappa shape index (κ2) is 3.09. The van der Waals surface area contributed by atoms with Crippen LogP contribution < -0.4 is 0 Å². The molecule has 0 spiro atoms. The molecule has 1 aromatic rings. The Labute approximate surface area is 63.6 Å². The molecule has 0 aliphatic carbocycles. The molecule has 11 heavy (non-hydrogen) atoms. The Kier molecular flexibility index (Phi) is 2.15. The smallest absolute Gasteiger partial charge is 0.170 e. The molecule has 0 saturated heterocycles. The third kappa shape index (κ3) is 1.34. The summed E-state index contributed by atoms with van der Waals surface area (Å²) in [6.45, 7) is 1.89. The summed E-state index contributed by atoms with van der Waals surface area (Å²) >= 11 is 0. The van der Waals surface area contributed by atoms with E-state index in [1.54, 1.807) is 0 Å². The highest BCUT2D eigenvalue weighted by Gasteiger charge is 2.05. The number of nitrogens with zero attached hydrogens (tertiary/aromatic N) is 1. The number of aldehydes is 2. The number of rotatable bonds is 3. The van der Waals surface area contributed by atoms with Gasteiger partial charge in [0.2, 0.25) is 0 Å². The summed E-state index contributed by atoms with van der Waals surface area (Å²) in [6, 6.07) is 0. The van der Waals surface area contributed by atoms with Crippen molar-refractivity contribution in [3.8, 4) is 0 Å². The van der Waals surface area contributed by atoms with Crippen molar-refractivity contribution < 1.29 is 9.59 Å². The molecule has 1 aromatic heterocycles. The van der Waals surface area contributed by atoms with E-state index in [2.05, 4.69) is 9.97 Å². The summed E-state index contributed by atoms with van der Waals surface area (Å²) in [6.07, 6.45) is 1.85. The molecule has 4 heteroatoms. The zero-order valence-corrected chi connectivity index (χ0v) is 6.13. The van der Waals surface area contributed by atoms with Gasteiger partial charge in [-0.25, -0.2) is 4.98 Å². The number of aryl methyl sites for hydroxylation is 1. The van der Waals surface area contributed by atoms with Gasteiger partial charge in [0.25, 0.3) is 0 Å². The maximum atomic E-state index is 10.3. The van der Waals surface area contributed by atoms with E-state index < -0.39 is 0 Å². The summed E-state index contributed by atoms with van der Waals surface area (Å²) in [5, 5.41) is 0. The lowest BCUT2D eigenvalue weighted by molar-refractivity contribution is 0.109. The Bertz CT molecular complexity index is 252. The second-order valence-corrected chi connectivity index (χ2v) is 2.07. The van der Waals surface area contributed by atoms with Gasteiger partial charge in [-0.1, -0.05) is 6.92 Å². The number of carbonyl (C=O) groups excluding carboxylic acids is 2. The van der Waals surface area contributed by atoms with Crippen LogP contribution >= 0.6 is 0 Å². The topological polar surface area (TPSA) is 62.8 Å². The van der Waals surface area contributed by atoms with Crippen molar-refractivity contribution in [2.45, 2.75) is 13.3 Å². The second-order valence-electron chi connectivity index (χ2n) is 2.07. The van der Waals surface area contributed by atoms with Crippen molar-refractivity contribution in [2.24, 2.45) is 0 Å². The molecule has 0 radical (unpaired) electrons. The molecular weight excluding hydrogens is 144 g/mol. The van der Waals surface area contributed by atoms with Crippen molar-refractivity contribution in [2.75, 3.05) is 0 Å². The minimum atomic E-state index is 0.192. The van der Waals surface area contributed by atoms with E-state index in [1.165, 1.54) is 0 Å². The highest BCUT2D eigenvalue weighted by molar-refractivity contribution is 5.86. The summed E-state index contributed by atoms with van der Waals surface area (Å²) in [7, 11) is 0. The van der Waals surface area contributed by atoms with Crippen LogP contribution in [0.15, 0.2) is 0 Å². The van der Waals surface area contributed by atoms with Crippen LogP contribution in [0.1, 0.15) is 33.7 Å². The largest absolute Gasteiger partial charge is 0.339 e. The maximum Gasteiger partial charge on any atom is 0.170 e. The third-order valence-corrected chi connectivity index (χ3v) is 1.37. The van der Waals surface area contributed by atoms with Crippen LogP contribution in [-0.4, -0.2) is 22.5 Å². The number of aromatic nitrogens is 2. The number of hydrogen-bond acceptors (Lipinski definition) is 3. The van der Waals surface area contributed by atoms with E-state index in [-0.39, 0.29) is 11.4 Å². The molecule has 1 heterocycles. The predicted molar refractivity (Wildman–Crippen MR) is 38.7 cm³/mol. The van der Waals surface area contributed by atoms with Crippen LogP contribution in [0.2, 0.25) is 0 Å². The lowest BCUT2D eigenvalue weighted by Gasteiger charge is -1.81. The average Bonchev–Trinajstić information content (AvgIpc) is 2.46. The zero-order chi connectivity index (χ0) is 8.27. The van der Waals surface area contributed by atoms with Gasteiger partial charge in [-0.15, -0.1) is 0 Å². The number of carbonyl (C=O) groups is 2. The fraction of sp³-hybridized carbons (Fsp3) is 0.286. The van der Waals surface area contributed by atoms with Crippen LogP contribution in [0.3, 0.4) is 0 Å². The van der Waals surface area contributed by atoms with Gasteiger partial charge < -0.3 is 4.98 Å². The van der Waals surface area contributed by atoms with Gasteiger partial charge in [0.05, 0.1) is 0 Å². The quantitative estimate of drug-likeness (QED) is 0.645. The molecule has 1 N–H and O–H groups in total. The van der Waals surface area contributed by atoms with Gasteiger partial charge in [-0.2, -0.15) is 0 Å². The molecule has 1 rings (SSSR count). The number of H-pyrrole nitrogens is 1. The van der Waals surface area contributed by atoms with Crippen LogP contribution in [0.25, 0.3) is 0 Å². The molecule has 0 aliphatic rings. The van der Waals surface area contributed by atoms with E-state index in [0.29, 0.717) is 24.8 Å². The number of hydrogen-bond donors (Lipinski definition) is 1. The first-order chi connectivity index (χ1) is 5.31. The zero-order valence-electron chi connectivity index (χ0n) is 6.13. The lowest BCUT2D eigenvalue weighted by Crippen LogP contribution is -1.86. The summed E-state index contributed by atoms with van der Waals surface area (Å²) < 4.78 is 0. The van der Waals surface area contributed by atoms with Crippen molar-refractivity contribution in [3.63, 3.8) is 0 Å². The summed E-state index contributed by atoms with van der Waals surface area (Å²) in [5.74, 6) is 0.661. The molecule has 0 fully saturated rings. The van der Waals surface area contributed by atoms with Gasteiger partial charge >= 0.3 is 0 Å². The van der Waals surface area contributed by atoms with Crippen LogP contribution in [0.5, 0.6) is 0 Å². The fourth-order valence-corrected chi connectivity index (χ4v) is 0.800. The Morgan fingerprint density at radius 3 is 2.55 bits per heavy atom. The number of nitrogens with one attached hydrogen (secondary N) is 1. The first-order valence-electron chi connectivity index (χ1n) is 3.31. The summed E-state index contributed by atoms with van der Waals surface area (Å²) in [4.78, 5) is 27.1. The summed E-state index contributed by atoms with van der Waals surface area (Å²) in [5.41, 5.74) is 0.453. The Balaban J connectivity index is 3.11. The standard InChI is InChI=1S/C7H8N2O2/c1-2-7-8-5(3-10)6(4-11)9-7/h3-4H,2H2,1H3,(H,8,9). The molecule has 58 valence electrons. The highest BCUT2D eigenvalue weighted by atomic mass is 16.1. The number of imidazole rings is 1. The maximum absolute atomic E-state index is 10.3. The molecule has 0 saturated carbocycles. The van der Waals surface area contributed by atoms with Crippen molar-refractivity contribution in [1.82, 2.24) is 9.97 Å². The highest BCUT2D eigenvalue weighted by Crippen LogP contribution is 2.00. The Hall–Kier alpha value is -1.45. The van der Waals surface area contributed by atoms with E-state index >= 15 is 0 Å². The fourth-order valence-electron chi connectivity index (χ4n) is 0.800. The van der Waals surface area contributed by atoms with E-state index in [0.717, 1.165) is 0 Å². The van der Waals surface area contributed by atoms with Crippen molar-refractivity contribution in [3.05, 3.63) is 17.2 Å². The van der Waals surface area contributed by atoms with Crippen molar-refractivity contribution in [1.29, 1.82) is 0 Å². The predicted octanol–water partition coefficient (Wildman–Crippen LogP) is 0.597. The first kappa shape index (κ1) is 7.65. The Morgan fingerprint density at radius 2 is 2.18 bits per heavy atom. The van der Waals surface area contributed by atoms with Gasteiger partial charge in [0.1, 0.15) is 17.2 Å². The average molecular weight is 152 g/mol. The van der Waals surface area contributed by atoms with Crippen LogP contribution in [-0.2, 0) is 6.42 Å². The monoisotopic (exact) mass is 152 g/mol. The minimum absolute atomic E-state index is 0.192. The Morgan fingerprint density at radius 1 is 1.45 bits per heavy atom. The molecular formula is C7H8N2O2. The van der Waals surface area contributed by atoms with Gasteiger partial charge in [-0.05, 0) is 0 Å². The molecule has 0 amide bonds. The molecule has 4 nitrogen and oxygen atoms in total. The molecule has 0 atom stereocenters. The van der Waals surface area contributed by atoms with Crippen molar-refractivity contribution >= 4 is 12.6 Å². The molecule has 0 aliphatic heterocycles. The minimum Gasteiger partial charge on any atom is -0.339 e. The van der Waals surface area contributed by atoms with E-state index in [1.807, 2.05) is 6.92 Å². The third-order valence-electron chi connectivity index (χ3n) is 1.37.